The second-order valence-electron chi connectivity index (χ2n) is 6.29. The standard InChI is InChI=1S/C20H24FNO4S/c1-2-3-4-11-27(24,25)15-20(23)22-18-9-6-10-19(13-18)26-14-16-7-5-8-17(21)12-16/h5-10,12-13H,2-4,11,14-15H2,1H3,(H,22,23). The van der Waals surface area contributed by atoms with E-state index in [2.05, 4.69) is 5.32 Å². The molecule has 5 nitrogen and oxygen atoms in total. The second-order valence-corrected chi connectivity index (χ2v) is 8.48. The molecule has 0 saturated heterocycles. The molecule has 146 valence electrons. The van der Waals surface area contributed by atoms with Gasteiger partial charge in [-0.3, -0.25) is 4.79 Å². The molecule has 2 rings (SSSR count). The van der Waals surface area contributed by atoms with Crippen molar-refractivity contribution in [1.29, 1.82) is 0 Å². The largest absolute Gasteiger partial charge is 0.489 e. The van der Waals surface area contributed by atoms with Crippen LogP contribution in [0, 0.1) is 5.82 Å². The number of hydrogen-bond acceptors (Lipinski definition) is 4. The van der Waals surface area contributed by atoms with Crippen molar-refractivity contribution in [3.8, 4) is 5.75 Å². The molecule has 0 fully saturated rings. The van der Waals surface area contributed by atoms with Crippen LogP contribution >= 0.6 is 0 Å². The van der Waals surface area contributed by atoms with Crippen LogP contribution in [0.4, 0.5) is 10.1 Å². The molecule has 0 aromatic heterocycles. The van der Waals surface area contributed by atoms with Crippen LogP contribution in [0.25, 0.3) is 0 Å². The molecule has 0 aliphatic carbocycles. The lowest BCUT2D eigenvalue weighted by atomic mass is 10.2. The first-order valence-electron chi connectivity index (χ1n) is 8.85. The van der Waals surface area contributed by atoms with Crippen LogP contribution in [0.2, 0.25) is 0 Å². The van der Waals surface area contributed by atoms with Gasteiger partial charge in [0.15, 0.2) is 9.84 Å². The third kappa shape index (κ3) is 7.78. The van der Waals surface area contributed by atoms with Gasteiger partial charge in [0.25, 0.3) is 0 Å². The van der Waals surface area contributed by atoms with Gasteiger partial charge in [-0.15, -0.1) is 0 Å². The fourth-order valence-electron chi connectivity index (χ4n) is 2.50. The van der Waals surface area contributed by atoms with Crippen LogP contribution in [-0.4, -0.2) is 25.8 Å². The number of rotatable bonds is 10. The molecule has 0 saturated carbocycles. The van der Waals surface area contributed by atoms with Crippen molar-refractivity contribution in [3.05, 3.63) is 59.9 Å². The summed E-state index contributed by atoms with van der Waals surface area (Å²) in [6.45, 7) is 2.17. The molecule has 7 heteroatoms. The van der Waals surface area contributed by atoms with E-state index >= 15 is 0 Å². The summed E-state index contributed by atoms with van der Waals surface area (Å²) in [6.07, 6.45) is 2.31. The summed E-state index contributed by atoms with van der Waals surface area (Å²) < 4.78 is 42.7. The van der Waals surface area contributed by atoms with Gasteiger partial charge < -0.3 is 10.1 Å². The van der Waals surface area contributed by atoms with Gasteiger partial charge in [-0.25, -0.2) is 12.8 Å². The number of carbonyl (C=O) groups is 1. The van der Waals surface area contributed by atoms with Gasteiger partial charge in [-0.05, 0) is 36.2 Å². The Kier molecular flexibility index (Phi) is 7.79. The van der Waals surface area contributed by atoms with Crippen LogP contribution in [0.1, 0.15) is 31.7 Å². The quantitative estimate of drug-likeness (QED) is 0.621. The normalized spacial score (nSPS) is 11.2. The van der Waals surface area contributed by atoms with E-state index in [0.717, 1.165) is 12.8 Å². The van der Waals surface area contributed by atoms with Crippen LogP contribution in [0.5, 0.6) is 5.75 Å². The zero-order chi connectivity index (χ0) is 19.7. The molecule has 0 heterocycles. The Morgan fingerprint density at radius 2 is 1.89 bits per heavy atom. The molecule has 1 N–H and O–H groups in total. The number of unbranched alkanes of at least 4 members (excludes halogenated alkanes) is 2. The van der Waals surface area contributed by atoms with E-state index in [9.17, 15) is 17.6 Å². The fourth-order valence-corrected chi connectivity index (χ4v) is 3.76. The summed E-state index contributed by atoms with van der Waals surface area (Å²) >= 11 is 0. The molecule has 1 amide bonds. The van der Waals surface area contributed by atoms with Crippen molar-refractivity contribution in [2.45, 2.75) is 32.8 Å². The van der Waals surface area contributed by atoms with E-state index < -0.39 is 21.5 Å². The zero-order valence-electron chi connectivity index (χ0n) is 15.3. The van der Waals surface area contributed by atoms with Crippen LogP contribution < -0.4 is 10.1 Å². The predicted octanol–water partition coefficient (Wildman–Crippen LogP) is 3.95. The van der Waals surface area contributed by atoms with E-state index in [-0.39, 0.29) is 18.2 Å². The number of anilines is 1. The Hall–Kier alpha value is -2.41. The molecule has 0 spiro atoms. The second kappa shape index (κ2) is 10.1. The van der Waals surface area contributed by atoms with Gasteiger partial charge in [-0.1, -0.05) is 38.0 Å². The minimum absolute atomic E-state index is 0.0189. The van der Waals surface area contributed by atoms with Gasteiger partial charge in [0.1, 0.15) is 23.9 Å². The van der Waals surface area contributed by atoms with Crippen molar-refractivity contribution in [2.24, 2.45) is 0 Å². The Morgan fingerprint density at radius 1 is 1.11 bits per heavy atom. The Bertz CT molecular complexity index is 868. The fraction of sp³-hybridized carbons (Fsp3) is 0.350. The molecule has 0 bridgehead atoms. The number of amides is 1. The average molecular weight is 393 g/mol. The van der Waals surface area contributed by atoms with Crippen molar-refractivity contribution in [2.75, 3.05) is 16.8 Å². The highest BCUT2D eigenvalue weighted by Crippen LogP contribution is 2.19. The number of nitrogens with one attached hydrogen (secondary N) is 1. The highest BCUT2D eigenvalue weighted by molar-refractivity contribution is 7.92. The Labute approximate surface area is 159 Å². The number of ether oxygens (including phenoxy) is 1. The maximum absolute atomic E-state index is 13.2. The predicted molar refractivity (Wildman–Crippen MR) is 104 cm³/mol. The summed E-state index contributed by atoms with van der Waals surface area (Å²) in [6, 6.07) is 12.7. The van der Waals surface area contributed by atoms with Gasteiger partial charge in [-0.2, -0.15) is 0 Å². The lowest BCUT2D eigenvalue weighted by Crippen LogP contribution is -2.24. The summed E-state index contributed by atoms with van der Waals surface area (Å²) in [5.74, 6) is -0.940. The molecular formula is C20H24FNO4S. The van der Waals surface area contributed by atoms with Crippen LogP contribution in [0.3, 0.4) is 0 Å². The van der Waals surface area contributed by atoms with Crippen molar-refractivity contribution in [3.63, 3.8) is 0 Å². The summed E-state index contributed by atoms with van der Waals surface area (Å²) in [4.78, 5) is 12.0. The van der Waals surface area contributed by atoms with Crippen molar-refractivity contribution < 1.29 is 22.3 Å². The maximum Gasteiger partial charge on any atom is 0.239 e. The van der Waals surface area contributed by atoms with Gasteiger partial charge in [0.05, 0.1) is 5.75 Å². The maximum atomic E-state index is 13.2. The topological polar surface area (TPSA) is 72.5 Å². The molecule has 2 aromatic rings. The molecule has 27 heavy (non-hydrogen) atoms. The first-order chi connectivity index (χ1) is 12.9. The zero-order valence-corrected chi connectivity index (χ0v) is 16.1. The van der Waals surface area contributed by atoms with Crippen molar-refractivity contribution in [1.82, 2.24) is 0 Å². The SMILES string of the molecule is CCCCCS(=O)(=O)CC(=O)Nc1cccc(OCc2cccc(F)c2)c1. The number of carbonyl (C=O) groups excluding carboxylic acids is 1. The molecule has 2 aromatic carbocycles. The summed E-state index contributed by atoms with van der Waals surface area (Å²) in [5, 5.41) is 2.58. The highest BCUT2D eigenvalue weighted by atomic mass is 32.2. The van der Waals surface area contributed by atoms with E-state index in [4.69, 9.17) is 4.74 Å². The molecule has 0 unspecified atom stereocenters. The first-order valence-corrected chi connectivity index (χ1v) is 10.7. The third-order valence-corrected chi connectivity index (χ3v) is 5.43. The first kappa shape index (κ1) is 20.9. The van der Waals surface area contributed by atoms with E-state index in [1.54, 1.807) is 36.4 Å². The lowest BCUT2D eigenvalue weighted by Gasteiger charge is -2.10. The minimum atomic E-state index is -3.41. The smallest absolute Gasteiger partial charge is 0.239 e. The highest BCUT2D eigenvalue weighted by Gasteiger charge is 2.16. The molecule has 0 atom stereocenters. The van der Waals surface area contributed by atoms with E-state index in [0.29, 0.717) is 23.4 Å². The minimum Gasteiger partial charge on any atom is -0.489 e. The molecule has 0 aliphatic heterocycles. The molecular weight excluding hydrogens is 369 g/mol. The average Bonchev–Trinajstić information content (AvgIpc) is 2.60. The summed E-state index contributed by atoms with van der Waals surface area (Å²) in [7, 11) is -3.41. The Balaban J connectivity index is 1.90. The van der Waals surface area contributed by atoms with Gasteiger partial charge in [0.2, 0.25) is 5.91 Å². The van der Waals surface area contributed by atoms with Gasteiger partial charge >= 0.3 is 0 Å². The lowest BCUT2D eigenvalue weighted by molar-refractivity contribution is -0.113. The van der Waals surface area contributed by atoms with E-state index in [1.165, 1.54) is 12.1 Å². The monoisotopic (exact) mass is 393 g/mol. The number of halogens is 1. The molecule has 0 radical (unpaired) electrons. The summed E-state index contributed by atoms with van der Waals surface area (Å²) in [5.41, 5.74) is 1.13. The molecule has 0 aliphatic rings. The van der Waals surface area contributed by atoms with Crippen LogP contribution in [0.15, 0.2) is 48.5 Å². The van der Waals surface area contributed by atoms with Crippen molar-refractivity contribution >= 4 is 21.4 Å². The third-order valence-electron chi connectivity index (χ3n) is 3.82. The number of sulfone groups is 1. The van der Waals surface area contributed by atoms with Gasteiger partial charge in [0, 0.05) is 11.8 Å². The number of benzene rings is 2. The van der Waals surface area contributed by atoms with E-state index in [1.807, 2.05) is 6.92 Å². The van der Waals surface area contributed by atoms with Crippen LogP contribution in [-0.2, 0) is 21.2 Å². The number of hydrogen-bond donors (Lipinski definition) is 1. The Morgan fingerprint density at radius 3 is 2.63 bits per heavy atom.